The first-order valence-electron chi connectivity index (χ1n) is 9.28. The highest BCUT2D eigenvalue weighted by Gasteiger charge is 2.12. The second-order valence-electron chi connectivity index (χ2n) is 6.49. The molecule has 0 radical (unpaired) electrons. The van der Waals surface area contributed by atoms with E-state index in [1.54, 1.807) is 14.2 Å². The summed E-state index contributed by atoms with van der Waals surface area (Å²) < 4.78 is 10.6. The van der Waals surface area contributed by atoms with Gasteiger partial charge in [0, 0.05) is 29.4 Å². The molecule has 30 heavy (non-hydrogen) atoms. The number of para-hydroxylation sites is 2. The number of fused-ring (bicyclic) bond motifs is 1. The van der Waals surface area contributed by atoms with E-state index < -0.39 is 0 Å². The smallest absolute Gasteiger partial charge is 0.229 e. The lowest BCUT2D eigenvalue weighted by Crippen LogP contribution is -2.04. The Labute approximate surface area is 181 Å². The Kier molecular flexibility index (Phi) is 7.06. The minimum absolute atomic E-state index is 0. The van der Waals surface area contributed by atoms with Crippen molar-refractivity contribution in [2.24, 2.45) is 0 Å². The summed E-state index contributed by atoms with van der Waals surface area (Å²) in [4.78, 5) is 9.49. The van der Waals surface area contributed by atoms with E-state index in [4.69, 9.17) is 19.4 Å². The lowest BCUT2D eigenvalue weighted by Gasteiger charge is -2.14. The number of hydrogen-bond acceptors (Lipinski definition) is 6. The fourth-order valence-electron chi connectivity index (χ4n) is 3.10. The third-order valence-corrected chi connectivity index (χ3v) is 4.49. The summed E-state index contributed by atoms with van der Waals surface area (Å²) in [6, 6.07) is 23.6. The van der Waals surface area contributed by atoms with Crippen molar-refractivity contribution in [3.05, 3.63) is 78.4 Å². The summed E-state index contributed by atoms with van der Waals surface area (Å²) >= 11 is 0. The minimum atomic E-state index is 0. The van der Waals surface area contributed by atoms with Crippen LogP contribution in [0.15, 0.2) is 72.8 Å². The molecule has 0 aliphatic carbocycles. The Morgan fingerprint density at radius 2 is 1.50 bits per heavy atom. The summed E-state index contributed by atoms with van der Waals surface area (Å²) in [5.74, 6) is 2.03. The van der Waals surface area contributed by atoms with Crippen LogP contribution in [0.2, 0.25) is 0 Å². The van der Waals surface area contributed by atoms with Crippen molar-refractivity contribution in [3.8, 4) is 5.75 Å². The number of ether oxygens (including phenoxy) is 2. The Morgan fingerprint density at radius 1 is 0.767 bits per heavy atom. The van der Waals surface area contributed by atoms with Crippen LogP contribution in [0.4, 0.5) is 23.1 Å². The third-order valence-electron chi connectivity index (χ3n) is 4.49. The molecule has 0 saturated carbocycles. The zero-order valence-corrected chi connectivity index (χ0v) is 17.6. The van der Waals surface area contributed by atoms with E-state index in [1.165, 1.54) is 0 Å². The largest absolute Gasteiger partial charge is 0.497 e. The lowest BCUT2D eigenvalue weighted by atomic mass is 10.1. The number of benzene rings is 3. The van der Waals surface area contributed by atoms with Crippen LogP contribution in [0.3, 0.4) is 0 Å². The average molecular weight is 423 g/mol. The summed E-state index contributed by atoms with van der Waals surface area (Å²) in [6.07, 6.45) is 0. The van der Waals surface area contributed by atoms with Crippen molar-refractivity contribution < 1.29 is 9.47 Å². The fourth-order valence-corrected chi connectivity index (χ4v) is 3.10. The summed E-state index contributed by atoms with van der Waals surface area (Å²) in [5, 5.41) is 7.63. The van der Waals surface area contributed by atoms with Gasteiger partial charge in [-0.2, -0.15) is 4.98 Å². The van der Waals surface area contributed by atoms with Gasteiger partial charge in [0.05, 0.1) is 19.2 Å². The normalized spacial score (nSPS) is 10.3. The molecular formula is C23H23ClN4O2. The average Bonchev–Trinajstić information content (AvgIpc) is 2.76. The van der Waals surface area contributed by atoms with Crippen LogP contribution in [0.1, 0.15) is 5.56 Å². The molecule has 2 N–H and O–H groups in total. The number of nitrogens with one attached hydrogen (secondary N) is 2. The number of halogens is 1. The number of aromatic nitrogens is 2. The maximum absolute atomic E-state index is 5.36. The van der Waals surface area contributed by atoms with Gasteiger partial charge in [-0.05, 0) is 42.5 Å². The summed E-state index contributed by atoms with van der Waals surface area (Å²) in [7, 11) is 3.33. The molecule has 0 aliphatic heterocycles. The van der Waals surface area contributed by atoms with Crippen LogP contribution in [0.25, 0.3) is 10.9 Å². The first kappa shape index (κ1) is 21.4. The molecule has 0 unspecified atom stereocenters. The van der Waals surface area contributed by atoms with E-state index in [0.717, 1.165) is 39.4 Å². The highest BCUT2D eigenvalue weighted by atomic mass is 35.5. The second-order valence-corrected chi connectivity index (χ2v) is 6.49. The minimum Gasteiger partial charge on any atom is -0.497 e. The monoisotopic (exact) mass is 422 g/mol. The second kappa shape index (κ2) is 9.91. The van der Waals surface area contributed by atoms with Gasteiger partial charge in [-0.25, -0.2) is 4.98 Å². The Bertz CT molecular complexity index is 1110. The zero-order valence-electron chi connectivity index (χ0n) is 16.8. The van der Waals surface area contributed by atoms with Gasteiger partial charge in [0.2, 0.25) is 5.95 Å². The highest BCUT2D eigenvalue weighted by molar-refractivity contribution is 5.94. The van der Waals surface area contributed by atoms with Crippen LogP contribution < -0.4 is 15.4 Å². The van der Waals surface area contributed by atoms with Crippen molar-refractivity contribution in [2.75, 3.05) is 24.9 Å². The maximum Gasteiger partial charge on any atom is 0.229 e. The van der Waals surface area contributed by atoms with Crippen molar-refractivity contribution in [3.63, 3.8) is 0 Å². The first-order valence-corrected chi connectivity index (χ1v) is 9.28. The van der Waals surface area contributed by atoms with Crippen molar-refractivity contribution in [1.29, 1.82) is 0 Å². The fraction of sp³-hybridized carbons (Fsp3) is 0.130. The Morgan fingerprint density at radius 3 is 2.20 bits per heavy atom. The standard InChI is InChI=1S/C23H22N4O2.ClH/c1-28-15-16-7-6-10-20-21(16)26-23(25-18-11-13-19(29-2)14-12-18)27-22(20)24-17-8-4-3-5-9-17;/h3-14H,15H2,1-2H3,(H2,24,25,26,27);1H. The van der Waals surface area contributed by atoms with Crippen molar-refractivity contribution >= 4 is 46.5 Å². The quantitative estimate of drug-likeness (QED) is 0.398. The zero-order chi connectivity index (χ0) is 20.1. The van der Waals surface area contributed by atoms with Crippen LogP contribution >= 0.6 is 12.4 Å². The molecule has 6 nitrogen and oxygen atoms in total. The third kappa shape index (κ3) is 4.79. The molecule has 0 saturated heterocycles. The highest BCUT2D eigenvalue weighted by Crippen LogP contribution is 2.29. The molecule has 3 aromatic carbocycles. The predicted molar refractivity (Wildman–Crippen MR) is 124 cm³/mol. The Balaban J connectivity index is 0.00000256. The molecule has 0 amide bonds. The van der Waals surface area contributed by atoms with Crippen molar-refractivity contribution in [1.82, 2.24) is 9.97 Å². The van der Waals surface area contributed by atoms with Gasteiger partial charge in [-0.3, -0.25) is 0 Å². The van der Waals surface area contributed by atoms with E-state index in [2.05, 4.69) is 10.6 Å². The van der Waals surface area contributed by atoms with Gasteiger partial charge in [0.15, 0.2) is 0 Å². The summed E-state index contributed by atoms with van der Waals surface area (Å²) in [5.41, 5.74) is 3.68. The number of methoxy groups -OCH3 is 2. The molecule has 1 heterocycles. The van der Waals surface area contributed by atoms with Crippen molar-refractivity contribution in [2.45, 2.75) is 6.61 Å². The van der Waals surface area contributed by atoms with Crippen LogP contribution in [-0.2, 0) is 11.3 Å². The van der Waals surface area contributed by atoms with Crippen LogP contribution in [-0.4, -0.2) is 24.2 Å². The van der Waals surface area contributed by atoms with E-state index >= 15 is 0 Å². The molecule has 4 rings (SSSR count). The van der Waals surface area contributed by atoms with Gasteiger partial charge in [-0.1, -0.05) is 30.3 Å². The SMILES string of the molecule is COCc1cccc2c(Nc3ccccc3)nc(Nc3ccc(OC)cc3)nc12.Cl. The maximum atomic E-state index is 5.36. The van der Waals surface area contributed by atoms with Gasteiger partial charge in [0.1, 0.15) is 11.6 Å². The number of hydrogen-bond donors (Lipinski definition) is 2. The molecule has 4 aromatic rings. The lowest BCUT2D eigenvalue weighted by molar-refractivity contribution is 0.186. The van der Waals surface area contributed by atoms with E-state index in [-0.39, 0.29) is 12.4 Å². The molecule has 0 bridgehead atoms. The van der Waals surface area contributed by atoms with Crippen LogP contribution in [0, 0.1) is 0 Å². The van der Waals surface area contributed by atoms with Gasteiger partial charge in [-0.15, -0.1) is 12.4 Å². The number of anilines is 4. The summed E-state index contributed by atoms with van der Waals surface area (Å²) in [6.45, 7) is 0.473. The molecule has 154 valence electrons. The molecular weight excluding hydrogens is 400 g/mol. The number of rotatable bonds is 7. The molecule has 0 fully saturated rings. The van der Waals surface area contributed by atoms with Gasteiger partial charge < -0.3 is 20.1 Å². The van der Waals surface area contributed by atoms with E-state index in [9.17, 15) is 0 Å². The molecule has 0 atom stereocenters. The molecule has 0 spiro atoms. The molecule has 7 heteroatoms. The Hall–Kier alpha value is -3.35. The number of nitrogens with zero attached hydrogens (tertiary/aromatic N) is 2. The topological polar surface area (TPSA) is 68.3 Å². The van der Waals surface area contributed by atoms with Gasteiger partial charge in [0.25, 0.3) is 0 Å². The van der Waals surface area contributed by atoms with E-state index in [1.807, 2.05) is 72.8 Å². The van der Waals surface area contributed by atoms with Gasteiger partial charge >= 0.3 is 0 Å². The molecule has 1 aromatic heterocycles. The predicted octanol–water partition coefficient (Wildman–Crippen LogP) is 5.69. The van der Waals surface area contributed by atoms with E-state index in [0.29, 0.717) is 12.6 Å². The first-order chi connectivity index (χ1) is 14.3. The molecule has 0 aliphatic rings. The van der Waals surface area contributed by atoms with Crippen LogP contribution in [0.5, 0.6) is 5.75 Å².